The molecule has 4 rings (SSSR count). The predicted molar refractivity (Wildman–Crippen MR) is 116 cm³/mol. The number of hydrogen-bond acceptors (Lipinski definition) is 7. The second-order valence-corrected chi connectivity index (χ2v) is 7.67. The van der Waals surface area contributed by atoms with Crippen LogP contribution < -0.4 is 22.1 Å². The Labute approximate surface area is 179 Å². The van der Waals surface area contributed by atoms with Gasteiger partial charge in [0.25, 0.3) is 5.91 Å². The summed E-state index contributed by atoms with van der Waals surface area (Å²) in [6.45, 7) is 1.99. The number of hydrogen-bond donors (Lipinski definition) is 4. The summed E-state index contributed by atoms with van der Waals surface area (Å²) in [5.41, 5.74) is 12.9. The van der Waals surface area contributed by atoms with Gasteiger partial charge in [-0.05, 0) is 43.4 Å². The summed E-state index contributed by atoms with van der Waals surface area (Å²) in [5.74, 6) is -0.893. The molecule has 0 spiro atoms. The molecule has 3 aromatic rings. The van der Waals surface area contributed by atoms with Crippen molar-refractivity contribution in [1.82, 2.24) is 19.7 Å². The molecule has 6 N–H and O–H groups in total. The van der Waals surface area contributed by atoms with Crippen LogP contribution in [0.5, 0.6) is 0 Å². The highest BCUT2D eigenvalue weighted by molar-refractivity contribution is 5.98. The van der Waals surface area contributed by atoms with Crippen LogP contribution in [0.2, 0.25) is 0 Å². The number of amides is 1. The van der Waals surface area contributed by atoms with E-state index in [0.29, 0.717) is 17.3 Å². The molecular weight excluding hydrogens is 399 g/mol. The molecule has 10 heteroatoms. The van der Waals surface area contributed by atoms with Gasteiger partial charge in [0.15, 0.2) is 11.6 Å². The number of nitrogens with two attached hydrogens (primary N) is 2. The molecule has 162 valence electrons. The van der Waals surface area contributed by atoms with Crippen LogP contribution in [0.25, 0.3) is 5.69 Å². The van der Waals surface area contributed by atoms with Crippen molar-refractivity contribution in [2.45, 2.75) is 38.3 Å². The van der Waals surface area contributed by atoms with Gasteiger partial charge in [0, 0.05) is 24.5 Å². The zero-order valence-corrected chi connectivity index (χ0v) is 17.1. The fraction of sp³-hybridized carbons (Fsp3) is 0.333. The number of carbonyl (C=O) groups excluding carboxylic acids is 1. The third-order valence-corrected chi connectivity index (χ3v) is 5.36. The van der Waals surface area contributed by atoms with E-state index in [9.17, 15) is 9.18 Å². The first kappa shape index (κ1) is 20.7. The number of nitrogens with zero attached hydrogens (tertiary/aromatic N) is 4. The van der Waals surface area contributed by atoms with Gasteiger partial charge in [-0.15, -0.1) is 0 Å². The standard InChI is InChI=1S/C21H25FN8O/c1-2-17(23)18(12-4-5-12)28-21-16(22)9-15(19(24)31)20(29-21)27-13-8-14(11-25-10-13)30-7-3-6-26-30/h3,6-12,17-18H,2,4-5,23H2,1H3,(H2,24,31)(H2,27,28,29)/t17-,18+/m0/s1. The molecule has 1 aliphatic rings. The maximum atomic E-state index is 14.8. The molecule has 0 unspecified atom stereocenters. The topological polar surface area (TPSA) is 137 Å². The van der Waals surface area contributed by atoms with E-state index in [1.807, 2.05) is 6.92 Å². The van der Waals surface area contributed by atoms with Crippen molar-refractivity contribution in [2.75, 3.05) is 10.6 Å². The fourth-order valence-corrected chi connectivity index (χ4v) is 3.49. The van der Waals surface area contributed by atoms with E-state index < -0.39 is 11.7 Å². The molecule has 0 aliphatic heterocycles. The molecule has 0 bridgehead atoms. The molecule has 31 heavy (non-hydrogen) atoms. The first-order chi connectivity index (χ1) is 15.0. The third-order valence-electron chi connectivity index (χ3n) is 5.36. The van der Waals surface area contributed by atoms with E-state index in [0.717, 1.165) is 25.3 Å². The largest absolute Gasteiger partial charge is 0.365 e. The normalized spacial score (nSPS) is 15.3. The van der Waals surface area contributed by atoms with Gasteiger partial charge in [0.05, 0.1) is 29.3 Å². The van der Waals surface area contributed by atoms with E-state index in [4.69, 9.17) is 11.5 Å². The summed E-state index contributed by atoms with van der Waals surface area (Å²) in [6, 6.07) is 4.44. The zero-order chi connectivity index (χ0) is 22.0. The number of halogens is 1. The molecule has 1 fully saturated rings. The Hall–Kier alpha value is -3.53. The Morgan fingerprint density at radius 2 is 2.13 bits per heavy atom. The van der Waals surface area contributed by atoms with E-state index in [1.165, 1.54) is 0 Å². The minimum Gasteiger partial charge on any atom is -0.365 e. The number of nitrogens with one attached hydrogen (secondary N) is 2. The molecule has 1 amide bonds. The van der Waals surface area contributed by atoms with Crippen LogP contribution in [0.15, 0.2) is 43.0 Å². The van der Waals surface area contributed by atoms with Crippen molar-refractivity contribution in [2.24, 2.45) is 17.4 Å². The van der Waals surface area contributed by atoms with Crippen molar-refractivity contribution in [3.63, 3.8) is 0 Å². The number of primary amides is 1. The van der Waals surface area contributed by atoms with Gasteiger partial charge in [-0.3, -0.25) is 9.78 Å². The Morgan fingerprint density at radius 1 is 1.32 bits per heavy atom. The van der Waals surface area contributed by atoms with E-state index in [1.54, 1.807) is 41.6 Å². The van der Waals surface area contributed by atoms with Crippen molar-refractivity contribution >= 4 is 23.2 Å². The van der Waals surface area contributed by atoms with Crippen molar-refractivity contribution < 1.29 is 9.18 Å². The summed E-state index contributed by atoms with van der Waals surface area (Å²) in [6.07, 6.45) is 9.49. The summed E-state index contributed by atoms with van der Waals surface area (Å²) in [5, 5.41) is 10.4. The summed E-state index contributed by atoms with van der Waals surface area (Å²) < 4.78 is 16.4. The Balaban J connectivity index is 1.65. The van der Waals surface area contributed by atoms with Gasteiger partial charge in [-0.2, -0.15) is 5.10 Å². The molecule has 3 aromatic heterocycles. The minimum absolute atomic E-state index is 0.0319. The summed E-state index contributed by atoms with van der Waals surface area (Å²) >= 11 is 0. The van der Waals surface area contributed by atoms with Crippen LogP contribution in [0.4, 0.5) is 21.7 Å². The molecule has 1 saturated carbocycles. The van der Waals surface area contributed by atoms with Crippen LogP contribution >= 0.6 is 0 Å². The molecule has 9 nitrogen and oxygen atoms in total. The van der Waals surface area contributed by atoms with Crippen LogP contribution in [0.3, 0.4) is 0 Å². The van der Waals surface area contributed by atoms with Gasteiger partial charge in [-0.1, -0.05) is 6.92 Å². The average Bonchev–Trinajstić information content (AvgIpc) is 3.45. The lowest BCUT2D eigenvalue weighted by Gasteiger charge is -2.25. The lowest BCUT2D eigenvalue weighted by atomic mass is 10.0. The molecule has 0 aromatic carbocycles. The van der Waals surface area contributed by atoms with Gasteiger partial charge in [0.2, 0.25) is 0 Å². The Morgan fingerprint density at radius 3 is 2.77 bits per heavy atom. The highest BCUT2D eigenvalue weighted by Gasteiger charge is 2.35. The van der Waals surface area contributed by atoms with Gasteiger partial charge >= 0.3 is 0 Å². The smallest absolute Gasteiger partial charge is 0.252 e. The molecule has 1 aliphatic carbocycles. The molecule has 0 radical (unpaired) electrons. The van der Waals surface area contributed by atoms with Gasteiger partial charge in [0.1, 0.15) is 5.82 Å². The second kappa shape index (κ2) is 8.68. The van der Waals surface area contributed by atoms with Gasteiger partial charge in [-0.25, -0.2) is 14.1 Å². The monoisotopic (exact) mass is 424 g/mol. The highest BCUT2D eigenvalue weighted by Crippen LogP contribution is 2.36. The lowest BCUT2D eigenvalue weighted by molar-refractivity contribution is 0.100. The van der Waals surface area contributed by atoms with Crippen molar-refractivity contribution in [1.29, 1.82) is 0 Å². The first-order valence-electron chi connectivity index (χ1n) is 10.2. The minimum atomic E-state index is -0.791. The summed E-state index contributed by atoms with van der Waals surface area (Å²) in [4.78, 5) is 20.5. The maximum Gasteiger partial charge on any atom is 0.252 e. The zero-order valence-electron chi connectivity index (χ0n) is 17.1. The first-order valence-corrected chi connectivity index (χ1v) is 10.2. The SMILES string of the molecule is CC[C@H](N)[C@H](Nc1nc(Nc2cncc(-n3cccn3)c2)c(C(N)=O)cc1F)C1CC1. The predicted octanol–water partition coefficient (Wildman–Crippen LogP) is 2.57. The molecule has 2 atom stereocenters. The van der Waals surface area contributed by atoms with Crippen LogP contribution in [0.1, 0.15) is 36.5 Å². The summed E-state index contributed by atoms with van der Waals surface area (Å²) in [7, 11) is 0. The van der Waals surface area contributed by atoms with E-state index >= 15 is 0 Å². The maximum absolute atomic E-state index is 14.8. The molecule has 3 heterocycles. The number of rotatable bonds is 9. The third kappa shape index (κ3) is 4.64. The average molecular weight is 424 g/mol. The van der Waals surface area contributed by atoms with Crippen LogP contribution in [-0.4, -0.2) is 37.7 Å². The molecule has 0 saturated heterocycles. The van der Waals surface area contributed by atoms with Gasteiger partial charge < -0.3 is 22.1 Å². The Bertz CT molecular complexity index is 1070. The van der Waals surface area contributed by atoms with E-state index in [-0.39, 0.29) is 29.3 Å². The number of carbonyl (C=O) groups is 1. The van der Waals surface area contributed by atoms with E-state index in [2.05, 4.69) is 25.7 Å². The van der Waals surface area contributed by atoms with Crippen molar-refractivity contribution in [3.8, 4) is 5.69 Å². The number of pyridine rings is 2. The Kier molecular flexibility index (Phi) is 5.81. The highest BCUT2D eigenvalue weighted by atomic mass is 19.1. The van der Waals surface area contributed by atoms with Crippen molar-refractivity contribution in [3.05, 3.63) is 54.4 Å². The van der Waals surface area contributed by atoms with Crippen LogP contribution in [-0.2, 0) is 0 Å². The quantitative estimate of drug-likeness (QED) is 0.414. The lowest BCUT2D eigenvalue weighted by Crippen LogP contribution is -2.42. The molecular formula is C21H25FN8O. The number of aromatic nitrogens is 4. The fourth-order valence-electron chi connectivity index (χ4n) is 3.49. The second-order valence-electron chi connectivity index (χ2n) is 7.67. The van der Waals surface area contributed by atoms with Crippen LogP contribution in [0, 0.1) is 11.7 Å². The number of anilines is 3.